The second kappa shape index (κ2) is 12.7. The quantitative estimate of drug-likeness (QED) is 0.117. The van der Waals surface area contributed by atoms with Crippen molar-refractivity contribution >= 4 is 119 Å². The van der Waals surface area contributed by atoms with Crippen LogP contribution in [0.4, 0.5) is 0 Å². The number of benzene rings is 1. The van der Waals surface area contributed by atoms with E-state index in [2.05, 4.69) is 70.0 Å². The lowest BCUT2D eigenvalue weighted by atomic mass is 10.1. The maximum Gasteiger partial charge on any atom is 0.114 e. The molecule has 0 unspecified atom stereocenters. The van der Waals surface area contributed by atoms with Crippen molar-refractivity contribution in [1.82, 2.24) is 8.75 Å². The summed E-state index contributed by atoms with van der Waals surface area (Å²) in [6, 6.07) is 9.28. The van der Waals surface area contributed by atoms with E-state index in [9.17, 15) is 0 Å². The predicted octanol–water partition coefficient (Wildman–Crippen LogP) is 13.3. The molecule has 6 aromatic rings. The second-order valence-electron chi connectivity index (χ2n) is 10.1. The van der Waals surface area contributed by atoms with Crippen LogP contribution >= 0.6 is 88.9 Å². The summed E-state index contributed by atoms with van der Waals surface area (Å²) >= 11 is 16.6. The lowest BCUT2D eigenvalue weighted by molar-refractivity contribution is 0.668. The van der Waals surface area contributed by atoms with Gasteiger partial charge in [-0.05, 0) is 80.8 Å². The fourth-order valence-electron chi connectivity index (χ4n) is 5.23. The average molecular weight is 739 g/mol. The smallest absolute Gasteiger partial charge is 0.114 e. The number of fused-ring (bicyclic) bond motifs is 3. The Morgan fingerprint density at radius 1 is 0.615 bits per heavy atom. The zero-order valence-electron chi connectivity index (χ0n) is 22.1. The summed E-state index contributed by atoms with van der Waals surface area (Å²) in [4.78, 5) is 2.60. The molecule has 0 bridgehead atoms. The number of thiophene rings is 4. The number of aromatic nitrogens is 2. The summed E-state index contributed by atoms with van der Waals surface area (Å²) < 4.78 is 17.9. The molecule has 0 N–H and O–H groups in total. The average Bonchev–Trinajstić information content (AvgIpc) is 3.73. The molecule has 6 rings (SSSR count). The Bertz CT molecular complexity index is 1610. The van der Waals surface area contributed by atoms with Gasteiger partial charge in [0.1, 0.15) is 11.0 Å². The molecular formula is C30H30Br2N2S5. The van der Waals surface area contributed by atoms with E-state index in [-0.39, 0.29) is 0 Å². The van der Waals surface area contributed by atoms with Gasteiger partial charge in [0.05, 0.1) is 28.7 Å². The molecule has 0 spiro atoms. The van der Waals surface area contributed by atoms with Crippen LogP contribution in [-0.4, -0.2) is 8.75 Å². The summed E-state index contributed by atoms with van der Waals surface area (Å²) in [5.74, 6) is 0. The van der Waals surface area contributed by atoms with Gasteiger partial charge in [0.2, 0.25) is 0 Å². The predicted molar refractivity (Wildman–Crippen MR) is 186 cm³/mol. The molecule has 9 heteroatoms. The van der Waals surface area contributed by atoms with Crippen LogP contribution in [0, 0.1) is 0 Å². The Labute approximate surface area is 267 Å². The van der Waals surface area contributed by atoms with Gasteiger partial charge < -0.3 is 0 Å². The van der Waals surface area contributed by atoms with Gasteiger partial charge in [-0.1, -0.05) is 64.5 Å². The van der Waals surface area contributed by atoms with Gasteiger partial charge in [-0.15, -0.1) is 45.3 Å². The summed E-state index contributed by atoms with van der Waals surface area (Å²) in [7, 11) is 0. The van der Waals surface area contributed by atoms with Crippen molar-refractivity contribution in [3.05, 3.63) is 43.0 Å². The van der Waals surface area contributed by atoms with Gasteiger partial charge in [0.25, 0.3) is 0 Å². The lowest BCUT2D eigenvalue weighted by Crippen LogP contribution is -1.84. The van der Waals surface area contributed by atoms with E-state index in [1.165, 1.54) is 121 Å². The van der Waals surface area contributed by atoms with Gasteiger partial charge in [-0.2, -0.15) is 8.75 Å². The maximum atomic E-state index is 4.81. The fraction of sp³-hybridized carbons (Fsp3) is 0.400. The van der Waals surface area contributed by atoms with Gasteiger partial charge in [-0.3, -0.25) is 0 Å². The largest absolute Gasteiger partial charge is 0.172 e. The monoisotopic (exact) mass is 736 g/mol. The van der Waals surface area contributed by atoms with Crippen LogP contribution in [0.25, 0.3) is 50.7 Å². The van der Waals surface area contributed by atoms with Crippen LogP contribution in [0.15, 0.2) is 31.8 Å². The number of nitrogens with zero attached hydrogens (tertiary/aromatic N) is 2. The molecule has 0 aliphatic rings. The Kier molecular flexibility index (Phi) is 9.24. The van der Waals surface area contributed by atoms with Crippen LogP contribution < -0.4 is 0 Å². The molecule has 0 saturated heterocycles. The molecule has 0 fully saturated rings. The molecule has 2 nitrogen and oxygen atoms in total. The van der Waals surface area contributed by atoms with E-state index in [0.29, 0.717) is 0 Å². The summed E-state index contributed by atoms with van der Waals surface area (Å²) in [5, 5.41) is 0. The summed E-state index contributed by atoms with van der Waals surface area (Å²) in [5.41, 5.74) is 7.47. The van der Waals surface area contributed by atoms with Crippen LogP contribution in [0.5, 0.6) is 0 Å². The minimum atomic E-state index is 1.03. The van der Waals surface area contributed by atoms with Gasteiger partial charge in [-0.25, -0.2) is 0 Å². The van der Waals surface area contributed by atoms with Crippen LogP contribution in [0.2, 0.25) is 0 Å². The van der Waals surface area contributed by atoms with Crippen molar-refractivity contribution in [2.45, 2.75) is 78.1 Å². The highest BCUT2D eigenvalue weighted by Gasteiger charge is 2.21. The summed E-state index contributed by atoms with van der Waals surface area (Å²) in [6.07, 6.45) is 12.6. The first-order valence-electron chi connectivity index (χ1n) is 13.8. The number of aryl methyl sites for hydroxylation is 2. The van der Waals surface area contributed by atoms with Crippen molar-refractivity contribution in [2.75, 3.05) is 0 Å². The first-order chi connectivity index (χ1) is 19.1. The molecule has 0 aliphatic carbocycles. The first kappa shape index (κ1) is 28.4. The van der Waals surface area contributed by atoms with E-state index >= 15 is 0 Å². The second-order valence-corrected chi connectivity index (χ2v) is 17.4. The number of rotatable bonds is 12. The van der Waals surface area contributed by atoms with E-state index in [4.69, 9.17) is 8.75 Å². The van der Waals surface area contributed by atoms with Crippen molar-refractivity contribution in [1.29, 1.82) is 0 Å². The Balaban J connectivity index is 1.32. The number of halogens is 2. The highest BCUT2D eigenvalue weighted by Crippen LogP contribution is 2.48. The highest BCUT2D eigenvalue weighted by atomic mass is 79.9. The zero-order chi connectivity index (χ0) is 26.9. The van der Waals surface area contributed by atoms with Crippen molar-refractivity contribution in [3.8, 4) is 20.9 Å². The third-order valence-electron chi connectivity index (χ3n) is 7.32. The zero-order valence-corrected chi connectivity index (χ0v) is 29.3. The fourth-order valence-corrected chi connectivity index (χ4v) is 12.8. The molecule has 204 valence electrons. The number of unbranched alkanes of at least 4 members (excludes halogenated alkanes) is 6. The lowest BCUT2D eigenvalue weighted by Gasteiger charge is -2.04. The molecule has 5 aromatic heterocycles. The highest BCUT2D eigenvalue weighted by molar-refractivity contribution is 9.11. The first-order valence-corrected chi connectivity index (χ1v) is 19.3. The van der Waals surface area contributed by atoms with Crippen LogP contribution in [0.1, 0.15) is 76.3 Å². The van der Waals surface area contributed by atoms with Crippen LogP contribution in [0.3, 0.4) is 0 Å². The molecular weight excluding hydrogens is 708 g/mol. The maximum absolute atomic E-state index is 4.81. The van der Waals surface area contributed by atoms with Crippen LogP contribution in [-0.2, 0) is 12.8 Å². The topological polar surface area (TPSA) is 25.8 Å². The van der Waals surface area contributed by atoms with E-state index in [0.717, 1.165) is 23.9 Å². The minimum absolute atomic E-state index is 1.03. The number of hydrogen-bond donors (Lipinski definition) is 0. The standard InChI is InChI=1S/C30H30Br2N2S5/c1-3-5-7-9-11-19-27-23(37-29(19)31)15-21(35-27)17-13-14-18(26-25(17)33-39-34-26)22-16-24-28(36-22)20(30(32)38-24)12-10-8-6-4-2/h13-16H,3-12H2,1-2H3. The minimum Gasteiger partial charge on any atom is -0.172 e. The molecule has 0 atom stereocenters. The molecule has 0 radical (unpaired) electrons. The molecule has 0 saturated carbocycles. The third-order valence-corrected chi connectivity index (χ3v) is 14.4. The van der Waals surface area contributed by atoms with E-state index < -0.39 is 0 Å². The number of hydrogen-bond acceptors (Lipinski definition) is 7. The van der Waals surface area contributed by atoms with Gasteiger partial charge in [0.15, 0.2) is 0 Å². The Hall–Kier alpha value is -0.680. The Morgan fingerprint density at radius 2 is 1.08 bits per heavy atom. The van der Waals surface area contributed by atoms with E-state index in [1.807, 2.05) is 45.3 Å². The molecule has 39 heavy (non-hydrogen) atoms. The molecule has 0 amide bonds. The Morgan fingerprint density at radius 3 is 1.51 bits per heavy atom. The molecule has 0 aliphatic heterocycles. The van der Waals surface area contributed by atoms with Crippen molar-refractivity contribution < 1.29 is 0 Å². The third kappa shape index (κ3) is 5.71. The van der Waals surface area contributed by atoms with Crippen molar-refractivity contribution in [3.63, 3.8) is 0 Å². The van der Waals surface area contributed by atoms with E-state index in [1.54, 1.807) is 0 Å². The van der Waals surface area contributed by atoms with Gasteiger partial charge >= 0.3 is 0 Å². The summed E-state index contributed by atoms with van der Waals surface area (Å²) in [6.45, 7) is 4.55. The van der Waals surface area contributed by atoms with Crippen molar-refractivity contribution in [2.24, 2.45) is 0 Å². The normalized spacial score (nSPS) is 12.1. The molecule has 5 heterocycles. The molecule has 1 aromatic carbocycles. The SMILES string of the molecule is CCCCCCc1c(Br)sc2cc(-c3ccc(-c4cc5sc(Br)c(CCCCCC)c5s4)c4nsnc34)sc12. The van der Waals surface area contributed by atoms with Gasteiger partial charge in [0, 0.05) is 30.3 Å².